The second-order valence-electron chi connectivity index (χ2n) is 6.01. The minimum absolute atomic E-state index is 0.0235. The molecular formula is C17H20O2. The van der Waals surface area contributed by atoms with Crippen LogP contribution in [-0.4, -0.2) is 11.6 Å². The standard InChI is InChI=1S/C17H20O2/c1-11-13-7-3-2-6-12(13)10-16(18)17(19)15-9-5-4-8-14(11)15/h2-3,6-7,11,14-15H,4-5,8-10H2,1H3. The summed E-state index contributed by atoms with van der Waals surface area (Å²) in [6.45, 7) is 2.23. The maximum absolute atomic E-state index is 12.3. The lowest BCUT2D eigenvalue weighted by Crippen LogP contribution is -2.37. The number of hydrogen-bond acceptors (Lipinski definition) is 2. The Morgan fingerprint density at radius 1 is 1.05 bits per heavy atom. The summed E-state index contributed by atoms with van der Waals surface area (Å²) in [4.78, 5) is 24.5. The van der Waals surface area contributed by atoms with Crippen LogP contribution in [0.5, 0.6) is 0 Å². The molecule has 0 saturated heterocycles. The summed E-state index contributed by atoms with van der Waals surface area (Å²) in [6.07, 6.45) is 4.56. The molecule has 2 nitrogen and oxygen atoms in total. The zero-order chi connectivity index (χ0) is 13.4. The fourth-order valence-corrected chi connectivity index (χ4v) is 3.92. The highest BCUT2D eigenvalue weighted by molar-refractivity contribution is 6.38. The van der Waals surface area contributed by atoms with Gasteiger partial charge in [-0.3, -0.25) is 9.59 Å². The van der Waals surface area contributed by atoms with Crippen LogP contribution < -0.4 is 0 Å². The van der Waals surface area contributed by atoms with E-state index in [-0.39, 0.29) is 17.5 Å². The van der Waals surface area contributed by atoms with Crippen LogP contribution in [-0.2, 0) is 16.0 Å². The summed E-state index contributed by atoms with van der Waals surface area (Å²) < 4.78 is 0. The van der Waals surface area contributed by atoms with E-state index in [4.69, 9.17) is 0 Å². The number of fused-ring (bicyclic) bond motifs is 2. The van der Waals surface area contributed by atoms with Gasteiger partial charge < -0.3 is 0 Å². The third-order valence-corrected chi connectivity index (χ3v) is 4.97. The largest absolute Gasteiger partial charge is 0.291 e. The Bertz CT molecular complexity index is 518. The Morgan fingerprint density at radius 2 is 1.79 bits per heavy atom. The Labute approximate surface area is 114 Å². The van der Waals surface area contributed by atoms with Gasteiger partial charge in [0.15, 0.2) is 0 Å². The molecule has 0 N–H and O–H groups in total. The van der Waals surface area contributed by atoms with Crippen LogP contribution in [0.1, 0.15) is 49.7 Å². The van der Waals surface area contributed by atoms with Crippen LogP contribution in [0.2, 0.25) is 0 Å². The first kappa shape index (κ1) is 12.6. The second kappa shape index (κ2) is 4.92. The minimum atomic E-state index is -0.184. The molecule has 19 heavy (non-hydrogen) atoms. The smallest absolute Gasteiger partial charge is 0.203 e. The predicted molar refractivity (Wildman–Crippen MR) is 74.0 cm³/mol. The van der Waals surface area contributed by atoms with Gasteiger partial charge in [-0.1, -0.05) is 44.0 Å². The summed E-state index contributed by atoms with van der Waals surface area (Å²) in [6, 6.07) is 8.14. The van der Waals surface area contributed by atoms with E-state index >= 15 is 0 Å². The lowest BCUT2D eigenvalue weighted by atomic mass is 9.66. The van der Waals surface area contributed by atoms with Crippen molar-refractivity contribution in [3.05, 3.63) is 35.4 Å². The molecule has 0 aromatic heterocycles. The van der Waals surface area contributed by atoms with Gasteiger partial charge in [-0.2, -0.15) is 0 Å². The monoisotopic (exact) mass is 256 g/mol. The van der Waals surface area contributed by atoms with Crippen molar-refractivity contribution < 1.29 is 9.59 Å². The number of rotatable bonds is 0. The molecule has 0 amide bonds. The molecule has 1 fully saturated rings. The Hall–Kier alpha value is -1.44. The topological polar surface area (TPSA) is 34.1 Å². The quantitative estimate of drug-likeness (QED) is 0.667. The van der Waals surface area contributed by atoms with E-state index in [1.807, 2.05) is 18.2 Å². The van der Waals surface area contributed by atoms with Crippen LogP contribution >= 0.6 is 0 Å². The van der Waals surface area contributed by atoms with Crippen molar-refractivity contribution in [3.63, 3.8) is 0 Å². The zero-order valence-electron chi connectivity index (χ0n) is 11.4. The van der Waals surface area contributed by atoms with Crippen molar-refractivity contribution in [1.29, 1.82) is 0 Å². The van der Waals surface area contributed by atoms with Gasteiger partial charge in [0.1, 0.15) is 0 Å². The Kier molecular flexibility index (Phi) is 3.26. The van der Waals surface area contributed by atoms with Crippen LogP contribution in [0.15, 0.2) is 24.3 Å². The highest BCUT2D eigenvalue weighted by atomic mass is 16.2. The van der Waals surface area contributed by atoms with Gasteiger partial charge in [-0.25, -0.2) is 0 Å². The first-order valence-electron chi connectivity index (χ1n) is 7.33. The van der Waals surface area contributed by atoms with Crippen LogP contribution in [0.4, 0.5) is 0 Å². The van der Waals surface area contributed by atoms with E-state index < -0.39 is 0 Å². The Morgan fingerprint density at radius 3 is 2.63 bits per heavy atom. The van der Waals surface area contributed by atoms with Crippen molar-refractivity contribution in [2.24, 2.45) is 11.8 Å². The van der Waals surface area contributed by atoms with E-state index in [0.29, 0.717) is 18.3 Å². The van der Waals surface area contributed by atoms with Gasteiger partial charge in [0, 0.05) is 12.3 Å². The lowest BCUT2D eigenvalue weighted by Gasteiger charge is -2.37. The molecule has 3 rings (SSSR count). The predicted octanol–water partition coefficient (Wildman–Crippen LogP) is 3.29. The lowest BCUT2D eigenvalue weighted by molar-refractivity contribution is -0.140. The molecule has 2 aliphatic carbocycles. The van der Waals surface area contributed by atoms with Gasteiger partial charge in [-0.05, 0) is 35.8 Å². The van der Waals surface area contributed by atoms with Gasteiger partial charge in [0.05, 0.1) is 0 Å². The molecule has 0 spiro atoms. The average Bonchev–Trinajstić information content (AvgIpc) is 2.45. The first-order chi connectivity index (χ1) is 9.18. The summed E-state index contributed by atoms with van der Waals surface area (Å²) in [5.41, 5.74) is 2.33. The van der Waals surface area contributed by atoms with Crippen LogP contribution in [0.3, 0.4) is 0 Å². The molecule has 1 aromatic carbocycles. The molecule has 1 saturated carbocycles. The molecule has 3 unspecified atom stereocenters. The number of ketones is 2. The van der Waals surface area contributed by atoms with Gasteiger partial charge in [0.2, 0.25) is 11.6 Å². The third kappa shape index (κ3) is 2.13. The van der Waals surface area contributed by atoms with Crippen LogP contribution in [0, 0.1) is 11.8 Å². The van der Waals surface area contributed by atoms with Crippen molar-refractivity contribution in [2.45, 2.75) is 44.9 Å². The summed E-state index contributed by atoms with van der Waals surface area (Å²) in [7, 11) is 0. The highest BCUT2D eigenvalue weighted by Crippen LogP contribution is 2.42. The van der Waals surface area contributed by atoms with Gasteiger partial charge >= 0.3 is 0 Å². The summed E-state index contributed by atoms with van der Waals surface area (Å²) >= 11 is 0. The number of Topliss-reactive ketones (excluding diaryl/α,β-unsaturated/α-hetero) is 2. The molecule has 0 heterocycles. The fraction of sp³-hybridized carbons (Fsp3) is 0.529. The first-order valence-corrected chi connectivity index (χ1v) is 7.33. The fourth-order valence-electron chi connectivity index (χ4n) is 3.92. The number of carbonyl (C=O) groups excluding carboxylic acids is 2. The van der Waals surface area contributed by atoms with Gasteiger partial charge in [-0.15, -0.1) is 0 Å². The van der Waals surface area contributed by atoms with Crippen LogP contribution in [0.25, 0.3) is 0 Å². The van der Waals surface area contributed by atoms with E-state index in [1.54, 1.807) is 0 Å². The number of hydrogen-bond donors (Lipinski definition) is 0. The molecule has 3 atom stereocenters. The molecular weight excluding hydrogens is 236 g/mol. The van der Waals surface area contributed by atoms with E-state index in [0.717, 1.165) is 24.8 Å². The maximum Gasteiger partial charge on any atom is 0.203 e. The average molecular weight is 256 g/mol. The summed E-state index contributed by atoms with van der Waals surface area (Å²) in [5.74, 6) is 0.428. The maximum atomic E-state index is 12.3. The van der Waals surface area contributed by atoms with E-state index in [9.17, 15) is 9.59 Å². The van der Waals surface area contributed by atoms with Crippen molar-refractivity contribution in [3.8, 4) is 0 Å². The van der Waals surface area contributed by atoms with Crippen molar-refractivity contribution in [1.82, 2.24) is 0 Å². The molecule has 100 valence electrons. The highest BCUT2D eigenvalue weighted by Gasteiger charge is 2.39. The minimum Gasteiger partial charge on any atom is -0.291 e. The van der Waals surface area contributed by atoms with E-state index in [2.05, 4.69) is 13.0 Å². The van der Waals surface area contributed by atoms with E-state index in [1.165, 1.54) is 12.0 Å². The Balaban J connectivity index is 2.07. The number of carbonyl (C=O) groups is 2. The molecule has 1 aromatic rings. The SMILES string of the molecule is CC1c2ccccc2CC(=O)C(=O)C2CCCCC21. The normalized spacial score (nSPS) is 31.1. The molecule has 2 heteroatoms. The molecule has 0 aliphatic heterocycles. The zero-order valence-corrected chi connectivity index (χ0v) is 11.4. The third-order valence-electron chi connectivity index (χ3n) is 4.97. The van der Waals surface area contributed by atoms with Crippen molar-refractivity contribution in [2.75, 3.05) is 0 Å². The molecule has 0 radical (unpaired) electrons. The van der Waals surface area contributed by atoms with Crippen molar-refractivity contribution >= 4 is 11.6 Å². The summed E-state index contributed by atoms with van der Waals surface area (Å²) in [5, 5.41) is 0. The second-order valence-corrected chi connectivity index (χ2v) is 6.01. The molecule has 0 bridgehead atoms. The van der Waals surface area contributed by atoms with Gasteiger partial charge in [0.25, 0.3) is 0 Å². The number of benzene rings is 1. The molecule has 2 aliphatic rings.